The number of benzene rings is 1. The fourth-order valence-electron chi connectivity index (χ4n) is 1.40. The predicted molar refractivity (Wildman–Crippen MR) is 68.9 cm³/mol. The quantitative estimate of drug-likeness (QED) is 0.619. The monoisotopic (exact) mass is 300 g/mol. The second-order valence-electron chi connectivity index (χ2n) is 3.04. The fraction of sp³-hybridized carbons (Fsp3) is 0.250. The summed E-state index contributed by atoms with van der Waals surface area (Å²) in [5.74, 6) is 1.57. The summed E-state index contributed by atoms with van der Waals surface area (Å²) in [7, 11) is 4.61. The van der Waals surface area contributed by atoms with Crippen LogP contribution in [0.15, 0.2) is 16.6 Å². The summed E-state index contributed by atoms with van der Waals surface area (Å²) in [5, 5.41) is 0. The number of carbonyl (C=O) groups excluding carboxylic acids is 1. The number of hydrogen-bond acceptors (Lipinski definition) is 4. The standard InChI is InChI=1S/C12H13BrO4/c1-15-9-7-8(5-4-6-14)10(13)12(17-3)11(9)16-2/h4-7H,1-3H3. The van der Waals surface area contributed by atoms with E-state index in [0.29, 0.717) is 28.0 Å². The topological polar surface area (TPSA) is 44.8 Å². The molecule has 0 amide bonds. The Hall–Kier alpha value is -1.49. The lowest BCUT2D eigenvalue weighted by Gasteiger charge is -2.15. The van der Waals surface area contributed by atoms with Gasteiger partial charge in [0.2, 0.25) is 5.75 Å². The normalized spacial score (nSPS) is 10.4. The smallest absolute Gasteiger partial charge is 0.204 e. The van der Waals surface area contributed by atoms with Gasteiger partial charge < -0.3 is 14.2 Å². The Bertz CT molecular complexity index is 441. The Morgan fingerprint density at radius 1 is 1.12 bits per heavy atom. The van der Waals surface area contributed by atoms with Crippen LogP contribution >= 0.6 is 15.9 Å². The summed E-state index contributed by atoms with van der Waals surface area (Å²) >= 11 is 3.40. The number of halogens is 1. The van der Waals surface area contributed by atoms with Crippen LogP contribution in [-0.2, 0) is 4.79 Å². The summed E-state index contributed by atoms with van der Waals surface area (Å²) in [6, 6.07) is 1.76. The van der Waals surface area contributed by atoms with Crippen molar-refractivity contribution in [3.05, 3.63) is 22.2 Å². The molecule has 0 aliphatic heterocycles. The average molecular weight is 301 g/mol. The van der Waals surface area contributed by atoms with Gasteiger partial charge in [-0.2, -0.15) is 0 Å². The maximum absolute atomic E-state index is 10.3. The minimum absolute atomic E-state index is 0.505. The lowest BCUT2D eigenvalue weighted by Crippen LogP contribution is -1.97. The van der Waals surface area contributed by atoms with E-state index in [1.54, 1.807) is 19.3 Å². The first-order chi connectivity index (χ1) is 8.19. The van der Waals surface area contributed by atoms with Gasteiger partial charge in [0, 0.05) is 0 Å². The molecule has 0 heterocycles. The Morgan fingerprint density at radius 2 is 1.76 bits per heavy atom. The number of methoxy groups -OCH3 is 3. The number of aldehydes is 1. The zero-order chi connectivity index (χ0) is 12.8. The van der Waals surface area contributed by atoms with Crippen LogP contribution in [0.25, 0.3) is 6.08 Å². The minimum atomic E-state index is 0.505. The van der Waals surface area contributed by atoms with E-state index in [2.05, 4.69) is 15.9 Å². The van der Waals surface area contributed by atoms with Crippen LogP contribution in [0.3, 0.4) is 0 Å². The number of ether oxygens (including phenoxy) is 3. The van der Waals surface area contributed by atoms with Crippen LogP contribution in [0.1, 0.15) is 5.56 Å². The molecule has 0 unspecified atom stereocenters. The maximum Gasteiger partial charge on any atom is 0.204 e. The van der Waals surface area contributed by atoms with Crippen molar-refractivity contribution < 1.29 is 19.0 Å². The van der Waals surface area contributed by atoms with Crippen molar-refractivity contribution in [1.82, 2.24) is 0 Å². The summed E-state index contributed by atoms with van der Waals surface area (Å²) in [5.41, 5.74) is 0.770. The SMILES string of the molecule is COc1cc(C=CC=O)c(Br)c(OC)c1OC. The maximum atomic E-state index is 10.3. The second-order valence-corrected chi connectivity index (χ2v) is 3.84. The molecule has 0 spiro atoms. The van der Waals surface area contributed by atoms with Crippen molar-refractivity contribution in [2.75, 3.05) is 21.3 Å². The van der Waals surface area contributed by atoms with Gasteiger partial charge >= 0.3 is 0 Å². The highest BCUT2D eigenvalue weighted by atomic mass is 79.9. The summed E-state index contributed by atoms with van der Waals surface area (Å²) in [4.78, 5) is 10.3. The molecule has 0 aromatic heterocycles. The van der Waals surface area contributed by atoms with Crippen LogP contribution in [-0.4, -0.2) is 27.6 Å². The third kappa shape index (κ3) is 2.79. The number of carbonyl (C=O) groups is 1. The molecule has 0 N–H and O–H groups in total. The van der Waals surface area contributed by atoms with Crippen molar-refractivity contribution in [3.8, 4) is 17.2 Å². The van der Waals surface area contributed by atoms with Crippen molar-refractivity contribution in [2.24, 2.45) is 0 Å². The molecular weight excluding hydrogens is 288 g/mol. The number of allylic oxidation sites excluding steroid dienone is 1. The van der Waals surface area contributed by atoms with Crippen molar-refractivity contribution in [2.45, 2.75) is 0 Å². The Morgan fingerprint density at radius 3 is 2.24 bits per heavy atom. The molecule has 92 valence electrons. The molecule has 5 heteroatoms. The van der Waals surface area contributed by atoms with E-state index >= 15 is 0 Å². The van der Waals surface area contributed by atoms with Crippen molar-refractivity contribution in [3.63, 3.8) is 0 Å². The molecule has 0 fully saturated rings. The van der Waals surface area contributed by atoms with Crippen LogP contribution in [0.2, 0.25) is 0 Å². The van der Waals surface area contributed by atoms with Crippen LogP contribution in [0.4, 0.5) is 0 Å². The largest absolute Gasteiger partial charge is 0.493 e. The molecule has 0 bridgehead atoms. The highest BCUT2D eigenvalue weighted by Gasteiger charge is 2.17. The van der Waals surface area contributed by atoms with Crippen LogP contribution in [0.5, 0.6) is 17.2 Å². The summed E-state index contributed by atoms with van der Waals surface area (Å²) in [6.45, 7) is 0. The molecule has 0 radical (unpaired) electrons. The molecule has 0 saturated carbocycles. The van der Waals surface area contributed by atoms with E-state index in [9.17, 15) is 4.79 Å². The molecule has 1 rings (SSSR count). The van der Waals surface area contributed by atoms with E-state index in [0.717, 1.165) is 5.56 Å². The highest BCUT2D eigenvalue weighted by molar-refractivity contribution is 9.10. The molecule has 1 aromatic carbocycles. The highest BCUT2D eigenvalue weighted by Crippen LogP contribution is 2.45. The first kappa shape index (κ1) is 13.6. The lowest BCUT2D eigenvalue weighted by atomic mass is 10.1. The first-order valence-electron chi connectivity index (χ1n) is 4.79. The first-order valence-corrected chi connectivity index (χ1v) is 5.59. The third-order valence-electron chi connectivity index (χ3n) is 2.15. The van der Waals surface area contributed by atoms with Gasteiger partial charge in [-0.05, 0) is 33.6 Å². The van der Waals surface area contributed by atoms with Gasteiger partial charge in [-0.25, -0.2) is 0 Å². The average Bonchev–Trinajstić information content (AvgIpc) is 2.36. The van der Waals surface area contributed by atoms with Gasteiger partial charge in [0.25, 0.3) is 0 Å². The Balaban J connectivity index is 3.44. The van der Waals surface area contributed by atoms with Gasteiger partial charge in [0.15, 0.2) is 11.5 Å². The summed E-state index contributed by atoms with van der Waals surface area (Å²) < 4.78 is 16.4. The number of rotatable bonds is 5. The van der Waals surface area contributed by atoms with E-state index in [4.69, 9.17) is 14.2 Å². The fourth-order valence-corrected chi connectivity index (χ4v) is 1.99. The predicted octanol–water partition coefficient (Wildman–Crippen LogP) is 2.69. The molecule has 0 atom stereocenters. The zero-order valence-electron chi connectivity index (χ0n) is 9.82. The third-order valence-corrected chi connectivity index (χ3v) is 2.97. The molecule has 0 aliphatic carbocycles. The molecular formula is C12H13BrO4. The minimum Gasteiger partial charge on any atom is -0.493 e. The molecule has 0 saturated heterocycles. The van der Waals surface area contributed by atoms with Gasteiger partial charge in [0.1, 0.15) is 6.29 Å². The van der Waals surface area contributed by atoms with E-state index in [1.165, 1.54) is 20.3 Å². The zero-order valence-corrected chi connectivity index (χ0v) is 11.4. The second kappa shape index (κ2) is 6.30. The summed E-state index contributed by atoms with van der Waals surface area (Å²) in [6.07, 6.45) is 3.75. The number of hydrogen-bond donors (Lipinski definition) is 0. The molecule has 1 aromatic rings. The van der Waals surface area contributed by atoms with Gasteiger partial charge in [-0.1, -0.05) is 6.08 Å². The Labute approximate surface area is 108 Å². The molecule has 17 heavy (non-hydrogen) atoms. The van der Waals surface area contributed by atoms with Gasteiger partial charge in [-0.15, -0.1) is 0 Å². The molecule has 4 nitrogen and oxygen atoms in total. The van der Waals surface area contributed by atoms with E-state index in [-0.39, 0.29) is 0 Å². The van der Waals surface area contributed by atoms with Gasteiger partial charge in [0.05, 0.1) is 25.8 Å². The van der Waals surface area contributed by atoms with E-state index in [1.807, 2.05) is 0 Å². The lowest BCUT2D eigenvalue weighted by molar-refractivity contribution is -0.104. The van der Waals surface area contributed by atoms with Gasteiger partial charge in [-0.3, -0.25) is 4.79 Å². The Kier molecular flexibility index (Phi) is 5.03. The van der Waals surface area contributed by atoms with E-state index < -0.39 is 0 Å². The van der Waals surface area contributed by atoms with Crippen molar-refractivity contribution in [1.29, 1.82) is 0 Å². The van der Waals surface area contributed by atoms with Crippen LogP contribution in [0, 0.1) is 0 Å². The van der Waals surface area contributed by atoms with Crippen molar-refractivity contribution >= 4 is 28.3 Å². The van der Waals surface area contributed by atoms with Crippen LogP contribution < -0.4 is 14.2 Å². The molecule has 0 aliphatic rings.